The summed E-state index contributed by atoms with van der Waals surface area (Å²) >= 11 is 4.67. The maximum absolute atomic E-state index is 10.1. The minimum atomic E-state index is -0.497. The maximum Gasteiger partial charge on any atom is 0.329 e. The molecule has 0 aromatic rings. The highest BCUT2D eigenvalue weighted by molar-refractivity contribution is 6.13. The Labute approximate surface area is 52.6 Å². The number of hydrogen-bond acceptors (Lipinski definition) is 2. The SMILES string of the molecule is C=C=CCC(=O)OCl. The van der Waals surface area contributed by atoms with Gasteiger partial charge in [-0.1, -0.05) is 6.58 Å². The average molecular weight is 133 g/mol. The second-order valence-corrected chi connectivity index (χ2v) is 1.22. The highest BCUT2D eigenvalue weighted by Gasteiger charge is 1.93. The lowest BCUT2D eigenvalue weighted by atomic mass is 10.4. The molecule has 0 aromatic heterocycles. The molecule has 0 spiro atoms. The topological polar surface area (TPSA) is 26.3 Å². The first kappa shape index (κ1) is 7.28. The van der Waals surface area contributed by atoms with Gasteiger partial charge in [-0.2, -0.15) is 0 Å². The Morgan fingerprint density at radius 1 is 2.00 bits per heavy atom. The molecule has 0 amide bonds. The van der Waals surface area contributed by atoms with Crippen LogP contribution in [0.4, 0.5) is 0 Å². The second-order valence-electron chi connectivity index (χ2n) is 1.06. The fourth-order valence-corrected chi connectivity index (χ4v) is 0.250. The average Bonchev–Trinajstić information content (AvgIpc) is 1.83. The van der Waals surface area contributed by atoms with Crippen molar-refractivity contribution in [1.29, 1.82) is 0 Å². The van der Waals surface area contributed by atoms with Crippen molar-refractivity contribution in [3.05, 3.63) is 18.4 Å². The van der Waals surface area contributed by atoms with Gasteiger partial charge in [-0.15, -0.1) is 5.73 Å². The van der Waals surface area contributed by atoms with E-state index in [4.69, 9.17) is 0 Å². The molecule has 0 aliphatic rings. The predicted octanol–water partition coefficient (Wildman–Crippen LogP) is 1.41. The Morgan fingerprint density at radius 2 is 2.62 bits per heavy atom. The van der Waals surface area contributed by atoms with E-state index in [0.717, 1.165) is 0 Å². The molecule has 0 N–H and O–H groups in total. The zero-order valence-electron chi connectivity index (χ0n) is 4.19. The number of halogens is 1. The summed E-state index contributed by atoms with van der Waals surface area (Å²) in [6.45, 7) is 3.24. The van der Waals surface area contributed by atoms with E-state index < -0.39 is 5.97 Å². The molecule has 0 radical (unpaired) electrons. The van der Waals surface area contributed by atoms with Crippen LogP contribution in [0.15, 0.2) is 18.4 Å². The van der Waals surface area contributed by atoms with Gasteiger partial charge < -0.3 is 4.29 Å². The number of rotatable bonds is 2. The van der Waals surface area contributed by atoms with Gasteiger partial charge in [0.25, 0.3) is 0 Å². The van der Waals surface area contributed by atoms with E-state index in [1.807, 2.05) is 0 Å². The first-order chi connectivity index (χ1) is 3.81. The molecule has 8 heavy (non-hydrogen) atoms. The maximum atomic E-state index is 10.1. The molecule has 0 heterocycles. The monoisotopic (exact) mass is 132 g/mol. The third-order valence-electron chi connectivity index (χ3n) is 0.499. The van der Waals surface area contributed by atoms with Gasteiger partial charge in [-0.25, -0.2) is 0 Å². The van der Waals surface area contributed by atoms with Crippen LogP contribution in [0.25, 0.3) is 0 Å². The fraction of sp³-hybridized carbons (Fsp3) is 0.200. The van der Waals surface area contributed by atoms with Crippen molar-refractivity contribution < 1.29 is 9.08 Å². The van der Waals surface area contributed by atoms with Crippen LogP contribution in [0.3, 0.4) is 0 Å². The predicted molar refractivity (Wildman–Crippen MR) is 30.3 cm³/mol. The van der Waals surface area contributed by atoms with Gasteiger partial charge in [0.05, 0.1) is 6.42 Å². The molecule has 0 aliphatic carbocycles. The Bertz CT molecular complexity index is 124. The highest BCUT2D eigenvalue weighted by atomic mass is 35.5. The van der Waals surface area contributed by atoms with Gasteiger partial charge >= 0.3 is 5.97 Å². The number of hydrogen-bond donors (Lipinski definition) is 0. The third-order valence-corrected chi connectivity index (χ3v) is 0.671. The van der Waals surface area contributed by atoms with E-state index in [1.165, 1.54) is 6.08 Å². The molecule has 0 rings (SSSR count). The molecule has 0 saturated carbocycles. The molecular weight excluding hydrogens is 128 g/mol. The molecule has 0 bridgehead atoms. The van der Waals surface area contributed by atoms with Crippen molar-refractivity contribution in [3.63, 3.8) is 0 Å². The second kappa shape index (κ2) is 4.44. The van der Waals surface area contributed by atoms with Crippen molar-refractivity contribution in [2.24, 2.45) is 0 Å². The van der Waals surface area contributed by atoms with Gasteiger partial charge in [-0.05, 0) is 6.08 Å². The van der Waals surface area contributed by atoms with E-state index in [-0.39, 0.29) is 6.42 Å². The smallest absolute Gasteiger partial charge is 0.329 e. The van der Waals surface area contributed by atoms with Crippen LogP contribution in [-0.2, 0) is 9.08 Å². The standard InChI is InChI=1S/C5H5ClO2/c1-2-3-4-5(7)8-6/h3H,1,4H2. The van der Waals surface area contributed by atoms with Crippen LogP contribution in [-0.4, -0.2) is 5.97 Å². The van der Waals surface area contributed by atoms with E-state index in [1.54, 1.807) is 0 Å². The summed E-state index contributed by atoms with van der Waals surface area (Å²) in [5.41, 5.74) is 2.40. The number of carbonyl (C=O) groups excluding carboxylic acids is 1. The van der Waals surface area contributed by atoms with Crippen molar-refractivity contribution in [2.75, 3.05) is 0 Å². The van der Waals surface area contributed by atoms with Crippen molar-refractivity contribution in [2.45, 2.75) is 6.42 Å². The molecule has 0 atom stereocenters. The Kier molecular flexibility index (Phi) is 4.04. The van der Waals surface area contributed by atoms with Crippen LogP contribution in [0.5, 0.6) is 0 Å². The summed E-state index contributed by atoms with van der Waals surface area (Å²) in [6.07, 6.45) is 1.57. The normalized spacial score (nSPS) is 7.12. The van der Waals surface area contributed by atoms with E-state index in [0.29, 0.717) is 0 Å². The molecule has 0 saturated heterocycles. The van der Waals surface area contributed by atoms with Gasteiger partial charge in [0.1, 0.15) is 11.9 Å². The van der Waals surface area contributed by atoms with Gasteiger partial charge in [-0.3, -0.25) is 4.79 Å². The molecule has 0 aromatic carbocycles. The van der Waals surface area contributed by atoms with E-state index >= 15 is 0 Å². The zero-order valence-corrected chi connectivity index (χ0v) is 4.94. The van der Waals surface area contributed by atoms with E-state index in [9.17, 15) is 4.79 Å². The third kappa shape index (κ3) is 3.47. The Balaban J connectivity index is 3.39. The highest BCUT2D eigenvalue weighted by Crippen LogP contribution is 1.88. The fourth-order valence-electron chi connectivity index (χ4n) is 0.187. The molecule has 0 unspecified atom stereocenters. The summed E-state index contributed by atoms with van der Waals surface area (Å²) < 4.78 is 3.79. The Morgan fingerprint density at radius 3 is 3.00 bits per heavy atom. The molecule has 0 fully saturated rings. The van der Waals surface area contributed by atoms with Crippen molar-refractivity contribution >= 4 is 17.8 Å². The van der Waals surface area contributed by atoms with Crippen LogP contribution in [0.2, 0.25) is 0 Å². The Hall–Kier alpha value is -0.720. The lowest BCUT2D eigenvalue weighted by Crippen LogP contribution is -1.91. The van der Waals surface area contributed by atoms with Gasteiger partial charge in [0, 0.05) is 0 Å². The first-order valence-corrected chi connectivity index (χ1v) is 2.28. The minimum Gasteiger partial charge on any atom is -0.347 e. The van der Waals surface area contributed by atoms with Gasteiger partial charge in [0.15, 0.2) is 0 Å². The van der Waals surface area contributed by atoms with Crippen LogP contribution in [0, 0.1) is 0 Å². The summed E-state index contributed by atoms with van der Waals surface area (Å²) in [6, 6.07) is 0. The molecule has 44 valence electrons. The summed E-state index contributed by atoms with van der Waals surface area (Å²) in [5, 5.41) is 0. The van der Waals surface area contributed by atoms with Crippen molar-refractivity contribution in [1.82, 2.24) is 0 Å². The van der Waals surface area contributed by atoms with Crippen LogP contribution >= 0.6 is 11.9 Å². The van der Waals surface area contributed by atoms with Crippen LogP contribution < -0.4 is 0 Å². The largest absolute Gasteiger partial charge is 0.347 e. The summed E-state index contributed by atoms with van der Waals surface area (Å²) in [7, 11) is 0. The van der Waals surface area contributed by atoms with Crippen molar-refractivity contribution in [3.8, 4) is 0 Å². The molecular formula is C5H5ClO2. The lowest BCUT2D eigenvalue weighted by molar-refractivity contribution is -0.132. The first-order valence-electron chi connectivity index (χ1n) is 1.97. The van der Waals surface area contributed by atoms with Crippen LogP contribution in [0.1, 0.15) is 6.42 Å². The minimum absolute atomic E-state index is 0.132. The summed E-state index contributed by atoms with van der Waals surface area (Å²) in [4.78, 5) is 10.1. The summed E-state index contributed by atoms with van der Waals surface area (Å²) in [5.74, 6) is -0.497. The lowest BCUT2D eigenvalue weighted by Gasteiger charge is -1.83. The van der Waals surface area contributed by atoms with E-state index in [2.05, 4.69) is 28.5 Å². The number of carbonyl (C=O) groups is 1. The van der Waals surface area contributed by atoms with Gasteiger partial charge in [0.2, 0.25) is 0 Å². The molecule has 3 heteroatoms. The molecule has 0 aliphatic heterocycles. The molecule has 2 nitrogen and oxygen atoms in total. The zero-order chi connectivity index (χ0) is 6.41. The quantitative estimate of drug-likeness (QED) is 0.531.